The van der Waals surface area contributed by atoms with E-state index in [0.717, 1.165) is 50.6 Å². The molecule has 0 unspecified atom stereocenters. The number of halogens is 2. The van der Waals surface area contributed by atoms with Crippen molar-refractivity contribution in [3.63, 3.8) is 0 Å². The van der Waals surface area contributed by atoms with E-state index in [-0.39, 0.29) is 42.3 Å². The van der Waals surface area contributed by atoms with Crippen molar-refractivity contribution in [2.45, 2.75) is 69.1 Å². The lowest BCUT2D eigenvalue weighted by atomic mass is 9.85. The van der Waals surface area contributed by atoms with Crippen LogP contribution in [0.2, 0.25) is 0 Å². The molecule has 3 saturated heterocycles. The van der Waals surface area contributed by atoms with Crippen LogP contribution in [0.25, 0.3) is 22.0 Å². The zero-order valence-corrected chi connectivity index (χ0v) is 25.5. The van der Waals surface area contributed by atoms with Crippen molar-refractivity contribution in [1.82, 2.24) is 19.8 Å². The lowest BCUT2D eigenvalue weighted by Crippen LogP contribution is -2.55. The molecule has 0 saturated carbocycles. The smallest absolute Gasteiger partial charge is 0.319 e. The number of hydrogen-bond donors (Lipinski definition) is 0. The van der Waals surface area contributed by atoms with E-state index < -0.39 is 6.17 Å². The fourth-order valence-electron chi connectivity index (χ4n) is 8.04. The van der Waals surface area contributed by atoms with E-state index in [9.17, 15) is 14.4 Å². The molecule has 0 bridgehead atoms. The van der Waals surface area contributed by atoms with Gasteiger partial charge in [0.25, 0.3) is 0 Å². The molecule has 1 aliphatic carbocycles. The predicted molar refractivity (Wildman–Crippen MR) is 168 cm³/mol. The zero-order valence-electron chi connectivity index (χ0n) is 25.5. The van der Waals surface area contributed by atoms with E-state index in [1.807, 2.05) is 17.0 Å². The Balaban J connectivity index is 1.30. The summed E-state index contributed by atoms with van der Waals surface area (Å²) >= 11 is 0. The van der Waals surface area contributed by atoms with E-state index >= 15 is 4.39 Å². The minimum atomic E-state index is -0.879. The molecule has 0 N–H and O–H groups in total. The van der Waals surface area contributed by atoms with Gasteiger partial charge in [0.05, 0.1) is 29.6 Å². The lowest BCUT2D eigenvalue weighted by molar-refractivity contribution is -0.128. The second-order valence-electron chi connectivity index (χ2n) is 12.9. The van der Waals surface area contributed by atoms with Crippen LogP contribution < -0.4 is 9.64 Å². The number of hydrogen-bond acceptors (Lipinski definition) is 7. The molecule has 0 radical (unpaired) electrons. The molecule has 4 heterocycles. The summed E-state index contributed by atoms with van der Waals surface area (Å²) in [5.41, 5.74) is 4.03. The molecule has 3 aromatic rings. The molecule has 3 fully saturated rings. The first-order chi connectivity index (χ1) is 21.9. The van der Waals surface area contributed by atoms with Gasteiger partial charge >= 0.3 is 6.01 Å². The molecule has 8 nitrogen and oxygen atoms in total. The molecule has 1 amide bonds. The number of nitrogens with zero attached hydrogens (tertiary/aromatic N) is 6. The Morgan fingerprint density at radius 3 is 2.84 bits per heavy atom. The van der Waals surface area contributed by atoms with Gasteiger partial charge in [-0.3, -0.25) is 9.69 Å². The van der Waals surface area contributed by atoms with E-state index in [0.29, 0.717) is 54.9 Å². The van der Waals surface area contributed by atoms with Crippen molar-refractivity contribution in [3.8, 4) is 23.2 Å². The number of benzene rings is 2. The van der Waals surface area contributed by atoms with Gasteiger partial charge in [-0.25, -0.2) is 8.78 Å². The largest absolute Gasteiger partial charge is 0.461 e. The first-order valence-corrected chi connectivity index (χ1v) is 16.1. The van der Waals surface area contributed by atoms with Crippen LogP contribution in [0.3, 0.4) is 0 Å². The third-order valence-corrected chi connectivity index (χ3v) is 10.2. The van der Waals surface area contributed by atoms with E-state index in [1.165, 1.54) is 23.3 Å². The van der Waals surface area contributed by atoms with Crippen LogP contribution in [-0.2, 0) is 17.6 Å². The molecule has 1 aromatic heterocycles. The third kappa shape index (κ3) is 5.41. The first-order valence-electron chi connectivity index (χ1n) is 16.1. The van der Waals surface area contributed by atoms with Gasteiger partial charge in [0.1, 0.15) is 24.4 Å². The Labute approximate surface area is 262 Å². The van der Waals surface area contributed by atoms with Gasteiger partial charge in [0.2, 0.25) is 5.91 Å². The molecule has 10 heteroatoms. The molecule has 4 aliphatic rings. The molecule has 45 heavy (non-hydrogen) atoms. The van der Waals surface area contributed by atoms with Gasteiger partial charge in [-0.2, -0.15) is 15.2 Å². The van der Waals surface area contributed by atoms with Crippen LogP contribution in [0, 0.1) is 17.1 Å². The number of ether oxygens (including phenoxy) is 1. The second-order valence-corrected chi connectivity index (χ2v) is 12.9. The lowest BCUT2D eigenvalue weighted by Gasteiger charge is -2.41. The Hall–Kier alpha value is -4.10. The van der Waals surface area contributed by atoms with Crippen LogP contribution >= 0.6 is 0 Å². The van der Waals surface area contributed by atoms with E-state index in [2.05, 4.69) is 23.6 Å². The fraction of sp³-hybridized carbons (Fsp3) is 0.486. The zero-order chi connectivity index (χ0) is 31.1. The van der Waals surface area contributed by atoms with Crippen molar-refractivity contribution in [2.24, 2.45) is 0 Å². The number of aryl methyl sites for hydroxylation is 1. The van der Waals surface area contributed by atoms with Crippen LogP contribution in [-0.4, -0.2) is 82.8 Å². The van der Waals surface area contributed by atoms with Crippen molar-refractivity contribution in [2.75, 3.05) is 44.2 Å². The van der Waals surface area contributed by atoms with Crippen LogP contribution in [0.4, 0.5) is 14.6 Å². The first kappa shape index (κ1) is 29.6. The fourth-order valence-corrected chi connectivity index (χ4v) is 8.04. The second kappa shape index (κ2) is 12.0. The molecule has 3 aliphatic heterocycles. The number of fused-ring (bicyclic) bond motifs is 3. The number of piperazine rings is 1. The highest BCUT2D eigenvalue weighted by Gasteiger charge is 2.49. The maximum atomic E-state index is 16.1. The van der Waals surface area contributed by atoms with Crippen molar-refractivity contribution >= 4 is 22.6 Å². The maximum Gasteiger partial charge on any atom is 0.319 e. The molecular formula is C35H38F2N6O2. The number of rotatable bonds is 7. The van der Waals surface area contributed by atoms with Crippen molar-refractivity contribution < 1.29 is 18.3 Å². The van der Waals surface area contributed by atoms with Gasteiger partial charge in [-0.15, -0.1) is 0 Å². The average molecular weight is 613 g/mol. The van der Waals surface area contributed by atoms with Crippen molar-refractivity contribution in [3.05, 3.63) is 59.9 Å². The summed E-state index contributed by atoms with van der Waals surface area (Å²) in [5, 5.41) is 10.1. The number of nitriles is 1. The van der Waals surface area contributed by atoms with E-state index in [1.54, 1.807) is 11.0 Å². The number of anilines is 1. The van der Waals surface area contributed by atoms with Crippen LogP contribution in [0.15, 0.2) is 43.0 Å². The molecular weight excluding hydrogens is 574 g/mol. The average Bonchev–Trinajstić information content (AvgIpc) is 3.58. The normalized spacial score (nSPS) is 24.7. The maximum absolute atomic E-state index is 16.1. The molecule has 234 valence electrons. The minimum Gasteiger partial charge on any atom is -0.461 e. The Morgan fingerprint density at radius 1 is 1.13 bits per heavy atom. The SMILES string of the molecule is C=CC(=O)N1CCN(c2nc(OC[C@@]34CCCN3C[C@H](F)C4)nc3cc(-c4cccc5c4CCCC5)c(F)cc23)C[C@@H]1CC#N. The highest BCUT2D eigenvalue weighted by Crippen LogP contribution is 2.41. The third-order valence-electron chi connectivity index (χ3n) is 10.2. The molecule has 2 aromatic carbocycles. The van der Waals surface area contributed by atoms with Crippen molar-refractivity contribution in [1.29, 1.82) is 5.26 Å². The number of aromatic nitrogens is 2. The topological polar surface area (TPSA) is 85.6 Å². The molecule has 0 spiro atoms. The molecule has 7 rings (SSSR count). The van der Waals surface area contributed by atoms with E-state index in [4.69, 9.17) is 14.7 Å². The molecule has 3 atom stereocenters. The highest BCUT2D eigenvalue weighted by atomic mass is 19.1. The standard InChI is InChI=1S/C35H38F2N6O2/c1-2-32(44)43-16-15-41(21-25(43)11-13-38)33-29-17-30(37)28(27-10-5-8-23-7-3-4-9-26(23)27)18-31(29)39-34(40-33)45-22-35-12-6-14-42(35)20-24(36)19-35/h2,5,8,10,17-18,24-25H,1,3-4,6-7,9,11-12,14-16,19-22H2/t24-,25+,35+/m1/s1. The predicted octanol–water partition coefficient (Wildman–Crippen LogP) is 5.39. The summed E-state index contributed by atoms with van der Waals surface area (Å²) in [6.45, 7) is 6.31. The van der Waals surface area contributed by atoms with Gasteiger partial charge in [-0.1, -0.05) is 24.8 Å². The summed E-state index contributed by atoms with van der Waals surface area (Å²) in [4.78, 5) is 28.0. The monoisotopic (exact) mass is 612 g/mol. The van der Waals surface area contributed by atoms with Crippen LogP contribution in [0.1, 0.15) is 49.7 Å². The number of amides is 1. The Bertz CT molecular complexity index is 1690. The summed E-state index contributed by atoms with van der Waals surface area (Å²) in [6.07, 6.45) is 6.92. The van der Waals surface area contributed by atoms with Gasteiger partial charge < -0.3 is 14.5 Å². The van der Waals surface area contributed by atoms with Gasteiger partial charge in [0, 0.05) is 43.5 Å². The highest BCUT2D eigenvalue weighted by molar-refractivity contribution is 5.94. The van der Waals surface area contributed by atoms with Crippen LogP contribution in [0.5, 0.6) is 6.01 Å². The summed E-state index contributed by atoms with van der Waals surface area (Å²) in [7, 11) is 0. The Kier molecular flexibility index (Phi) is 7.90. The number of carbonyl (C=O) groups is 1. The summed E-state index contributed by atoms with van der Waals surface area (Å²) in [5.74, 6) is -0.0781. The van der Waals surface area contributed by atoms with Gasteiger partial charge in [-0.05, 0) is 80.0 Å². The minimum absolute atomic E-state index is 0.142. The Morgan fingerprint density at radius 2 is 2.00 bits per heavy atom. The summed E-state index contributed by atoms with van der Waals surface area (Å²) in [6, 6.07) is 11.4. The number of alkyl halides is 1. The summed E-state index contributed by atoms with van der Waals surface area (Å²) < 4.78 is 36.9. The quantitative estimate of drug-likeness (QED) is 0.331. The number of carbonyl (C=O) groups excluding carboxylic acids is 1. The van der Waals surface area contributed by atoms with Gasteiger partial charge in [0.15, 0.2) is 0 Å².